The molecule has 0 fully saturated rings. The molecule has 0 aliphatic rings. The van der Waals surface area contributed by atoms with E-state index >= 15 is 0 Å². The predicted octanol–water partition coefficient (Wildman–Crippen LogP) is 6.56. The quantitative estimate of drug-likeness (QED) is 0.318. The first kappa shape index (κ1) is 12.2. The molecule has 0 amide bonds. The topological polar surface area (TPSA) is 0 Å². The molecule has 0 radical (unpaired) electrons. The number of halogens is 2. The Hall–Kier alpha value is -1.57. The van der Waals surface area contributed by atoms with E-state index in [1.807, 2.05) is 6.07 Å². The first-order chi connectivity index (χ1) is 9.75. The van der Waals surface area contributed by atoms with Crippen LogP contribution in [-0.2, 0) is 0 Å². The third-order valence-corrected chi connectivity index (χ3v) is 4.70. The van der Waals surface area contributed by atoms with Gasteiger partial charge in [0.25, 0.3) is 0 Å². The summed E-state index contributed by atoms with van der Waals surface area (Å²) in [5.74, 6) is 0. The third kappa shape index (κ3) is 1.67. The average Bonchev–Trinajstić information content (AvgIpc) is 2.47. The van der Waals surface area contributed by atoms with Crippen molar-refractivity contribution in [3.63, 3.8) is 0 Å². The Morgan fingerprint density at radius 1 is 0.700 bits per heavy atom. The maximum Gasteiger partial charge on any atom is 0.0491 e. The van der Waals surface area contributed by atoms with Crippen LogP contribution in [0.1, 0.15) is 0 Å². The summed E-state index contributed by atoms with van der Waals surface area (Å²) in [4.78, 5) is 0. The van der Waals surface area contributed by atoms with Crippen molar-refractivity contribution in [3.05, 3.63) is 70.2 Å². The highest BCUT2D eigenvalue weighted by atomic mass is 79.9. The van der Waals surface area contributed by atoms with Crippen molar-refractivity contribution in [2.45, 2.75) is 0 Å². The Morgan fingerprint density at radius 2 is 1.35 bits per heavy atom. The maximum atomic E-state index is 6.47. The Kier molecular flexibility index (Phi) is 2.73. The summed E-state index contributed by atoms with van der Waals surface area (Å²) in [6.45, 7) is 0. The molecule has 0 unspecified atom stereocenters. The highest BCUT2D eigenvalue weighted by molar-refractivity contribution is 9.10. The van der Waals surface area contributed by atoms with Crippen LogP contribution < -0.4 is 0 Å². The molecular formula is C18H10BrCl. The van der Waals surface area contributed by atoms with Gasteiger partial charge >= 0.3 is 0 Å². The van der Waals surface area contributed by atoms with E-state index in [2.05, 4.69) is 70.5 Å². The SMILES string of the molecule is Clc1cc2c3ccccc3cc(Br)c2c2ccccc12. The van der Waals surface area contributed by atoms with Crippen LogP contribution in [0.15, 0.2) is 65.1 Å². The van der Waals surface area contributed by atoms with Gasteiger partial charge in [-0.2, -0.15) is 0 Å². The first-order valence-corrected chi connectivity index (χ1v) is 7.61. The van der Waals surface area contributed by atoms with Gasteiger partial charge in [-0.15, -0.1) is 0 Å². The second kappa shape index (κ2) is 4.47. The molecule has 0 aliphatic carbocycles. The van der Waals surface area contributed by atoms with Crippen LogP contribution >= 0.6 is 27.5 Å². The Balaban J connectivity index is 2.38. The zero-order valence-electron chi connectivity index (χ0n) is 10.5. The van der Waals surface area contributed by atoms with Gasteiger partial charge in [0.15, 0.2) is 0 Å². The van der Waals surface area contributed by atoms with Crippen molar-refractivity contribution < 1.29 is 0 Å². The van der Waals surface area contributed by atoms with Crippen LogP contribution in [0, 0.1) is 0 Å². The summed E-state index contributed by atoms with van der Waals surface area (Å²) in [7, 11) is 0. The molecule has 0 nitrogen and oxygen atoms in total. The average molecular weight is 342 g/mol. The van der Waals surface area contributed by atoms with Gasteiger partial charge in [-0.1, -0.05) is 76.1 Å². The predicted molar refractivity (Wildman–Crippen MR) is 91.7 cm³/mol. The number of hydrogen-bond acceptors (Lipinski definition) is 0. The molecule has 4 aromatic rings. The summed E-state index contributed by atoms with van der Waals surface area (Å²) in [6.07, 6.45) is 0. The first-order valence-electron chi connectivity index (χ1n) is 6.44. The number of hydrogen-bond donors (Lipinski definition) is 0. The van der Waals surface area contributed by atoms with Crippen LogP contribution in [0.4, 0.5) is 0 Å². The van der Waals surface area contributed by atoms with Gasteiger partial charge in [-0.05, 0) is 33.7 Å². The van der Waals surface area contributed by atoms with Crippen molar-refractivity contribution in [2.75, 3.05) is 0 Å². The van der Waals surface area contributed by atoms with Crippen molar-refractivity contribution in [1.29, 1.82) is 0 Å². The standard InChI is InChI=1S/C18H10BrCl/c19-16-9-11-5-1-2-6-12(11)15-10-17(20)13-7-3-4-8-14(13)18(15)16/h1-10H. The van der Waals surface area contributed by atoms with E-state index in [1.54, 1.807) is 0 Å². The van der Waals surface area contributed by atoms with Crippen LogP contribution in [0.3, 0.4) is 0 Å². The lowest BCUT2D eigenvalue weighted by atomic mass is 9.97. The Morgan fingerprint density at radius 3 is 2.15 bits per heavy atom. The van der Waals surface area contributed by atoms with Crippen LogP contribution in [-0.4, -0.2) is 0 Å². The van der Waals surface area contributed by atoms with E-state index in [-0.39, 0.29) is 0 Å². The molecule has 0 saturated carbocycles. The van der Waals surface area contributed by atoms with E-state index in [4.69, 9.17) is 11.6 Å². The van der Waals surface area contributed by atoms with Gasteiger partial charge in [0.2, 0.25) is 0 Å². The number of rotatable bonds is 0. The van der Waals surface area contributed by atoms with Gasteiger partial charge < -0.3 is 0 Å². The summed E-state index contributed by atoms with van der Waals surface area (Å²) in [5.41, 5.74) is 0. The van der Waals surface area contributed by atoms with E-state index in [1.165, 1.54) is 26.9 Å². The molecule has 20 heavy (non-hydrogen) atoms. The maximum absolute atomic E-state index is 6.47. The lowest BCUT2D eigenvalue weighted by molar-refractivity contribution is 1.75. The molecule has 2 heteroatoms. The van der Waals surface area contributed by atoms with E-state index in [0.29, 0.717) is 0 Å². The molecule has 0 heterocycles. The molecule has 0 atom stereocenters. The van der Waals surface area contributed by atoms with Crippen molar-refractivity contribution in [2.24, 2.45) is 0 Å². The minimum Gasteiger partial charge on any atom is -0.0836 e. The molecule has 0 N–H and O–H groups in total. The summed E-state index contributed by atoms with van der Waals surface area (Å²) < 4.78 is 1.11. The zero-order valence-corrected chi connectivity index (χ0v) is 12.9. The van der Waals surface area contributed by atoms with Gasteiger partial charge in [-0.25, -0.2) is 0 Å². The smallest absolute Gasteiger partial charge is 0.0491 e. The minimum atomic E-state index is 0.802. The minimum absolute atomic E-state index is 0.802. The number of fused-ring (bicyclic) bond motifs is 5. The molecular weight excluding hydrogens is 332 g/mol. The molecule has 0 aliphatic heterocycles. The molecule has 0 aromatic heterocycles. The fourth-order valence-electron chi connectivity index (χ4n) is 2.88. The van der Waals surface area contributed by atoms with Crippen molar-refractivity contribution in [1.82, 2.24) is 0 Å². The van der Waals surface area contributed by atoms with Crippen LogP contribution in [0.25, 0.3) is 32.3 Å². The Bertz CT molecular complexity index is 973. The van der Waals surface area contributed by atoms with Gasteiger partial charge in [-0.3, -0.25) is 0 Å². The summed E-state index contributed by atoms with van der Waals surface area (Å²) in [5, 5.41) is 7.96. The summed E-state index contributed by atoms with van der Waals surface area (Å²) >= 11 is 10.2. The highest BCUT2D eigenvalue weighted by Crippen LogP contribution is 2.39. The van der Waals surface area contributed by atoms with Crippen LogP contribution in [0.2, 0.25) is 5.02 Å². The second-order valence-electron chi connectivity index (χ2n) is 4.91. The molecule has 0 saturated heterocycles. The molecule has 0 spiro atoms. The molecule has 96 valence electrons. The monoisotopic (exact) mass is 340 g/mol. The normalized spacial score (nSPS) is 11.5. The lowest BCUT2D eigenvalue weighted by Crippen LogP contribution is -1.83. The van der Waals surface area contributed by atoms with E-state index in [0.717, 1.165) is 14.9 Å². The fraction of sp³-hybridized carbons (Fsp3) is 0. The molecule has 0 bridgehead atoms. The van der Waals surface area contributed by atoms with Crippen molar-refractivity contribution >= 4 is 59.8 Å². The fourth-order valence-corrected chi connectivity index (χ4v) is 3.83. The van der Waals surface area contributed by atoms with Gasteiger partial charge in [0, 0.05) is 20.3 Å². The van der Waals surface area contributed by atoms with Gasteiger partial charge in [0.1, 0.15) is 0 Å². The van der Waals surface area contributed by atoms with E-state index < -0.39 is 0 Å². The second-order valence-corrected chi connectivity index (χ2v) is 6.17. The number of benzene rings is 4. The highest BCUT2D eigenvalue weighted by Gasteiger charge is 2.10. The Labute approximate surface area is 130 Å². The lowest BCUT2D eigenvalue weighted by Gasteiger charge is -2.11. The third-order valence-electron chi connectivity index (χ3n) is 3.77. The van der Waals surface area contributed by atoms with E-state index in [9.17, 15) is 0 Å². The van der Waals surface area contributed by atoms with Gasteiger partial charge in [0.05, 0.1) is 0 Å². The zero-order chi connectivity index (χ0) is 13.7. The van der Waals surface area contributed by atoms with Crippen molar-refractivity contribution in [3.8, 4) is 0 Å². The van der Waals surface area contributed by atoms with Crippen LogP contribution in [0.5, 0.6) is 0 Å². The summed E-state index contributed by atoms with van der Waals surface area (Å²) in [6, 6.07) is 20.9. The molecule has 4 aromatic carbocycles. The molecule has 4 rings (SSSR count). The largest absolute Gasteiger partial charge is 0.0836 e.